The summed E-state index contributed by atoms with van der Waals surface area (Å²) in [6, 6.07) is 0.918. The summed E-state index contributed by atoms with van der Waals surface area (Å²) >= 11 is 0. The predicted octanol–water partition coefficient (Wildman–Crippen LogP) is 2.33. The van der Waals surface area contributed by atoms with Crippen molar-refractivity contribution in [3.8, 4) is 0 Å². The van der Waals surface area contributed by atoms with Crippen molar-refractivity contribution >= 4 is 36.0 Å². The molecular formula is C15H29IN4O2. The number of guanidine groups is 1. The molecule has 0 unspecified atom stereocenters. The van der Waals surface area contributed by atoms with Crippen LogP contribution in [0, 0.1) is 0 Å². The lowest BCUT2D eigenvalue weighted by Crippen LogP contribution is -2.45. The van der Waals surface area contributed by atoms with E-state index in [1.165, 1.54) is 12.8 Å². The molecule has 22 heavy (non-hydrogen) atoms. The number of amides is 1. The number of ether oxygens (including phenoxy) is 1. The van der Waals surface area contributed by atoms with Gasteiger partial charge in [-0.3, -0.25) is 4.99 Å². The van der Waals surface area contributed by atoms with Crippen LogP contribution >= 0.6 is 24.0 Å². The summed E-state index contributed by atoms with van der Waals surface area (Å²) in [7, 11) is 1.77. The quantitative estimate of drug-likeness (QED) is 0.404. The molecule has 1 amide bonds. The van der Waals surface area contributed by atoms with Crippen molar-refractivity contribution in [1.82, 2.24) is 15.5 Å². The molecule has 0 aliphatic heterocycles. The summed E-state index contributed by atoms with van der Waals surface area (Å²) in [5.41, 5.74) is -0.443. The van der Waals surface area contributed by atoms with Crippen molar-refractivity contribution in [1.29, 1.82) is 0 Å². The minimum Gasteiger partial charge on any atom is -0.444 e. The van der Waals surface area contributed by atoms with Gasteiger partial charge in [0.15, 0.2) is 5.96 Å². The van der Waals surface area contributed by atoms with Crippen LogP contribution < -0.4 is 10.6 Å². The van der Waals surface area contributed by atoms with Crippen molar-refractivity contribution in [2.75, 3.05) is 20.1 Å². The van der Waals surface area contributed by atoms with Gasteiger partial charge < -0.3 is 20.3 Å². The summed E-state index contributed by atoms with van der Waals surface area (Å²) in [6.45, 7) is 7.02. The smallest absolute Gasteiger partial charge is 0.410 e. The van der Waals surface area contributed by atoms with Gasteiger partial charge in [0.25, 0.3) is 0 Å². The molecule has 0 aromatic rings. The SMILES string of the molecule is CN=C(NCCN(C(=O)OC(C)(C)C)C1CC1)NC1CC1.I. The van der Waals surface area contributed by atoms with E-state index in [1.54, 1.807) is 7.05 Å². The number of carbonyl (C=O) groups is 1. The van der Waals surface area contributed by atoms with Crippen LogP contribution in [0.5, 0.6) is 0 Å². The predicted molar refractivity (Wildman–Crippen MR) is 98.9 cm³/mol. The van der Waals surface area contributed by atoms with Crippen LogP contribution in [0.1, 0.15) is 46.5 Å². The minimum absolute atomic E-state index is 0. The highest BCUT2D eigenvalue weighted by Crippen LogP contribution is 2.28. The third kappa shape index (κ3) is 7.02. The second-order valence-corrected chi connectivity index (χ2v) is 6.82. The van der Waals surface area contributed by atoms with Crippen molar-refractivity contribution in [2.45, 2.75) is 64.1 Å². The van der Waals surface area contributed by atoms with Crippen LogP contribution in [0.25, 0.3) is 0 Å². The van der Waals surface area contributed by atoms with Crippen LogP contribution in [-0.4, -0.2) is 54.8 Å². The molecule has 2 fully saturated rings. The van der Waals surface area contributed by atoms with E-state index in [-0.39, 0.29) is 30.1 Å². The molecule has 0 spiro atoms. The molecule has 7 heteroatoms. The molecule has 0 saturated heterocycles. The lowest BCUT2D eigenvalue weighted by atomic mass is 10.2. The topological polar surface area (TPSA) is 66.0 Å². The Morgan fingerprint density at radius 3 is 2.36 bits per heavy atom. The Labute approximate surface area is 150 Å². The number of carbonyl (C=O) groups excluding carboxylic acids is 1. The maximum absolute atomic E-state index is 12.2. The molecule has 2 aliphatic rings. The summed E-state index contributed by atoms with van der Waals surface area (Å²) in [5, 5.41) is 6.59. The second kappa shape index (κ2) is 8.21. The molecule has 2 N–H and O–H groups in total. The first-order valence-corrected chi connectivity index (χ1v) is 7.86. The molecule has 0 bridgehead atoms. The maximum Gasteiger partial charge on any atom is 0.410 e. The molecular weight excluding hydrogens is 395 g/mol. The lowest BCUT2D eigenvalue weighted by molar-refractivity contribution is 0.0238. The van der Waals surface area contributed by atoms with Gasteiger partial charge in [0, 0.05) is 32.2 Å². The zero-order valence-electron chi connectivity index (χ0n) is 14.0. The molecule has 0 heterocycles. The Morgan fingerprint density at radius 2 is 1.91 bits per heavy atom. The first-order chi connectivity index (χ1) is 9.89. The van der Waals surface area contributed by atoms with E-state index >= 15 is 0 Å². The molecule has 2 saturated carbocycles. The number of nitrogens with zero attached hydrogens (tertiary/aromatic N) is 2. The molecule has 0 aromatic carbocycles. The van der Waals surface area contributed by atoms with Gasteiger partial charge in [-0.1, -0.05) is 0 Å². The molecule has 2 rings (SSSR count). The van der Waals surface area contributed by atoms with Crippen LogP contribution in [0.4, 0.5) is 4.79 Å². The highest BCUT2D eigenvalue weighted by Gasteiger charge is 2.34. The third-order valence-corrected chi connectivity index (χ3v) is 3.40. The molecule has 0 radical (unpaired) electrons. The molecule has 0 atom stereocenters. The Bertz CT molecular complexity index is 401. The standard InChI is InChI=1S/C15H28N4O2.HI/c1-15(2,3)21-14(20)19(12-7-8-12)10-9-17-13(16-4)18-11-5-6-11;/h11-12H,5-10H2,1-4H3,(H2,16,17,18);1H. The van der Waals surface area contributed by atoms with Crippen LogP contribution in [-0.2, 0) is 4.74 Å². The molecule has 0 aromatic heterocycles. The highest BCUT2D eigenvalue weighted by atomic mass is 127. The summed E-state index contributed by atoms with van der Waals surface area (Å²) in [5.74, 6) is 0.817. The first-order valence-electron chi connectivity index (χ1n) is 7.86. The van der Waals surface area contributed by atoms with E-state index in [1.807, 2.05) is 25.7 Å². The number of hydrogen-bond donors (Lipinski definition) is 2. The largest absolute Gasteiger partial charge is 0.444 e. The second-order valence-electron chi connectivity index (χ2n) is 6.82. The summed E-state index contributed by atoms with van der Waals surface area (Å²) in [6.07, 6.45) is 4.37. The average Bonchev–Trinajstić information content (AvgIpc) is 3.23. The van der Waals surface area contributed by atoms with Gasteiger partial charge in [-0.25, -0.2) is 4.79 Å². The van der Waals surface area contributed by atoms with Gasteiger partial charge >= 0.3 is 6.09 Å². The van der Waals surface area contributed by atoms with E-state index < -0.39 is 5.60 Å². The van der Waals surface area contributed by atoms with Crippen LogP contribution in [0.15, 0.2) is 4.99 Å². The molecule has 6 nitrogen and oxygen atoms in total. The fourth-order valence-electron chi connectivity index (χ4n) is 2.04. The van der Waals surface area contributed by atoms with Gasteiger partial charge in [0.05, 0.1) is 0 Å². The number of halogens is 1. The Hall–Kier alpha value is -0.730. The van der Waals surface area contributed by atoms with Crippen molar-refractivity contribution < 1.29 is 9.53 Å². The maximum atomic E-state index is 12.2. The van der Waals surface area contributed by atoms with E-state index in [0.717, 1.165) is 18.8 Å². The minimum atomic E-state index is -0.443. The summed E-state index contributed by atoms with van der Waals surface area (Å²) in [4.78, 5) is 18.2. The van der Waals surface area contributed by atoms with Gasteiger partial charge in [-0.15, -0.1) is 24.0 Å². The fourth-order valence-corrected chi connectivity index (χ4v) is 2.04. The Kier molecular flexibility index (Phi) is 7.21. The monoisotopic (exact) mass is 424 g/mol. The van der Waals surface area contributed by atoms with Gasteiger partial charge in [-0.05, 0) is 46.5 Å². The highest BCUT2D eigenvalue weighted by molar-refractivity contribution is 14.0. The van der Waals surface area contributed by atoms with Gasteiger partial charge in [0.1, 0.15) is 5.60 Å². The first kappa shape index (κ1) is 19.3. The number of rotatable bonds is 5. The van der Waals surface area contributed by atoms with Crippen LogP contribution in [0.2, 0.25) is 0 Å². The van der Waals surface area contributed by atoms with Crippen molar-refractivity contribution in [3.63, 3.8) is 0 Å². The van der Waals surface area contributed by atoms with E-state index in [0.29, 0.717) is 25.2 Å². The Morgan fingerprint density at radius 1 is 1.27 bits per heavy atom. The Balaban J connectivity index is 0.00000242. The number of aliphatic imine (C=N–C) groups is 1. The zero-order valence-corrected chi connectivity index (χ0v) is 16.3. The van der Waals surface area contributed by atoms with Gasteiger partial charge in [0.2, 0.25) is 0 Å². The molecule has 128 valence electrons. The van der Waals surface area contributed by atoms with Crippen molar-refractivity contribution in [3.05, 3.63) is 0 Å². The van der Waals surface area contributed by atoms with E-state index in [9.17, 15) is 4.79 Å². The fraction of sp³-hybridized carbons (Fsp3) is 0.867. The zero-order chi connectivity index (χ0) is 15.5. The third-order valence-electron chi connectivity index (χ3n) is 3.40. The number of hydrogen-bond acceptors (Lipinski definition) is 3. The summed E-state index contributed by atoms with van der Waals surface area (Å²) < 4.78 is 5.47. The van der Waals surface area contributed by atoms with E-state index in [2.05, 4.69) is 15.6 Å². The average molecular weight is 424 g/mol. The molecule has 2 aliphatic carbocycles. The van der Waals surface area contributed by atoms with Crippen molar-refractivity contribution in [2.24, 2.45) is 4.99 Å². The normalized spacial score (nSPS) is 18.3. The van der Waals surface area contributed by atoms with Crippen LogP contribution in [0.3, 0.4) is 0 Å². The number of nitrogens with one attached hydrogen (secondary N) is 2. The lowest BCUT2D eigenvalue weighted by Gasteiger charge is -2.27. The van der Waals surface area contributed by atoms with E-state index in [4.69, 9.17) is 4.74 Å². The van der Waals surface area contributed by atoms with Gasteiger partial charge in [-0.2, -0.15) is 0 Å².